The molecule has 2 rings (SSSR count). The zero-order valence-corrected chi connectivity index (χ0v) is 10.1. The fourth-order valence-electron chi connectivity index (χ4n) is 1.78. The summed E-state index contributed by atoms with van der Waals surface area (Å²) in [7, 11) is 0. The van der Waals surface area contributed by atoms with Gasteiger partial charge in [-0.3, -0.25) is 4.79 Å². The summed E-state index contributed by atoms with van der Waals surface area (Å²) < 4.78 is 10.4. The Morgan fingerprint density at radius 2 is 2.32 bits per heavy atom. The van der Waals surface area contributed by atoms with Gasteiger partial charge in [-0.25, -0.2) is 0 Å². The Labute approximate surface area is 109 Å². The van der Waals surface area contributed by atoms with Crippen LogP contribution < -0.4 is 20.5 Å². The number of hydrogen-bond donors (Lipinski definition) is 2. The summed E-state index contributed by atoms with van der Waals surface area (Å²) in [5.41, 5.74) is 14.2. The molecule has 1 atom stereocenters. The molecule has 100 valence electrons. The fraction of sp³-hybridized carbons (Fsp3) is 0.364. The van der Waals surface area contributed by atoms with Crippen LogP contribution in [0.5, 0.6) is 11.5 Å². The Kier molecular flexibility index (Phi) is 4.07. The van der Waals surface area contributed by atoms with Crippen LogP contribution >= 0.6 is 0 Å². The first-order valence-electron chi connectivity index (χ1n) is 5.65. The van der Waals surface area contributed by atoms with E-state index in [0.717, 1.165) is 0 Å². The summed E-state index contributed by atoms with van der Waals surface area (Å²) in [6.07, 6.45) is 0. The van der Waals surface area contributed by atoms with Crippen molar-refractivity contribution in [2.75, 3.05) is 19.9 Å². The quantitative estimate of drug-likeness (QED) is 0.341. The van der Waals surface area contributed by atoms with Crippen molar-refractivity contribution in [3.05, 3.63) is 34.2 Å². The highest BCUT2D eigenvalue weighted by Crippen LogP contribution is 2.34. The van der Waals surface area contributed by atoms with E-state index in [2.05, 4.69) is 15.3 Å². The van der Waals surface area contributed by atoms with Crippen molar-refractivity contribution in [3.8, 4) is 11.5 Å². The monoisotopic (exact) mass is 263 g/mol. The van der Waals surface area contributed by atoms with Gasteiger partial charge in [-0.1, -0.05) is 11.2 Å². The molecule has 1 aliphatic rings. The first-order chi connectivity index (χ1) is 9.22. The summed E-state index contributed by atoms with van der Waals surface area (Å²) >= 11 is 0. The minimum Gasteiger partial charge on any atom is -0.454 e. The number of amides is 1. The molecule has 0 aromatic heterocycles. The van der Waals surface area contributed by atoms with Crippen LogP contribution in [-0.4, -0.2) is 25.8 Å². The van der Waals surface area contributed by atoms with Crippen LogP contribution in [0.3, 0.4) is 0 Å². The number of fused-ring (bicyclic) bond motifs is 1. The highest BCUT2D eigenvalue weighted by molar-refractivity contribution is 5.81. The minimum absolute atomic E-state index is 0.171. The average molecular weight is 263 g/mol. The second-order valence-electron chi connectivity index (χ2n) is 3.86. The highest BCUT2D eigenvalue weighted by atomic mass is 16.7. The van der Waals surface area contributed by atoms with Gasteiger partial charge >= 0.3 is 0 Å². The number of primary amides is 1. The van der Waals surface area contributed by atoms with Gasteiger partial charge in [0.1, 0.15) is 6.04 Å². The summed E-state index contributed by atoms with van der Waals surface area (Å²) in [5, 5.41) is 6.30. The summed E-state index contributed by atoms with van der Waals surface area (Å²) in [4.78, 5) is 14.1. The predicted molar refractivity (Wildman–Crippen MR) is 66.5 cm³/mol. The Morgan fingerprint density at radius 1 is 1.53 bits per heavy atom. The normalized spacial score (nSPS) is 13.7. The zero-order chi connectivity index (χ0) is 13.7. The van der Waals surface area contributed by atoms with Crippen LogP contribution in [0, 0.1) is 0 Å². The van der Waals surface area contributed by atoms with Crippen molar-refractivity contribution >= 4 is 5.91 Å². The van der Waals surface area contributed by atoms with E-state index in [1.807, 2.05) is 0 Å². The second kappa shape index (κ2) is 5.94. The Morgan fingerprint density at radius 3 is 3.05 bits per heavy atom. The molecule has 8 nitrogen and oxygen atoms in total. The molecule has 1 aromatic rings. The molecule has 0 spiro atoms. The zero-order valence-electron chi connectivity index (χ0n) is 10.1. The predicted octanol–water partition coefficient (Wildman–Crippen LogP) is 0.842. The standard InChI is InChI=1S/C11H13N5O3/c12-11(17)10(14-3-4-15-16-13)7-1-2-8-9(5-7)19-6-18-8/h1-2,5,10,14H,3-4,6H2,(H2,12,17). The SMILES string of the molecule is [N-]=[N+]=NCCNC(C(N)=O)c1ccc2c(c1)OCO2. The first kappa shape index (κ1) is 13.0. The van der Waals surface area contributed by atoms with Crippen molar-refractivity contribution < 1.29 is 14.3 Å². The van der Waals surface area contributed by atoms with Gasteiger partial charge in [-0.05, 0) is 23.2 Å². The lowest BCUT2D eigenvalue weighted by Crippen LogP contribution is -2.34. The lowest BCUT2D eigenvalue weighted by Gasteiger charge is -2.15. The van der Waals surface area contributed by atoms with Gasteiger partial charge < -0.3 is 20.5 Å². The molecule has 1 aromatic carbocycles. The van der Waals surface area contributed by atoms with Crippen LogP contribution in [0.1, 0.15) is 11.6 Å². The van der Waals surface area contributed by atoms with Crippen molar-refractivity contribution in [1.29, 1.82) is 0 Å². The number of nitrogens with two attached hydrogens (primary N) is 1. The minimum atomic E-state index is -0.664. The van der Waals surface area contributed by atoms with Crippen LogP contribution in [-0.2, 0) is 4.79 Å². The van der Waals surface area contributed by atoms with Gasteiger partial charge in [0.2, 0.25) is 12.7 Å². The number of hydrogen-bond acceptors (Lipinski definition) is 5. The van der Waals surface area contributed by atoms with E-state index >= 15 is 0 Å². The molecule has 0 saturated heterocycles. The molecular formula is C11H13N5O3. The van der Waals surface area contributed by atoms with Crippen molar-refractivity contribution in [3.63, 3.8) is 0 Å². The van der Waals surface area contributed by atoms with E-state index in [-0.39, 0.29) is 13.3 Å². The summed E-state index contributed by atoms with van der Waals surface area (Å²) in [6, 6.07) is 4.51. The maximum atomic E-state index is 11.4. The average Bonchev–Trinajstić information content (AvgIpc) is 2.85. The third kappa shape index (κ3) is 3.06. The van der Waals surface area contributed by atoms with E-state index in [4.69, 9.17) is 20.7 Å². The molecule has 0 bridgehead atoms. The molecule has 1 amide bonds. The van der Waals surface area contributed by atoms with E-state index in [0.29, 0.717) is 23.6 Å². The molecule has 1 aliphatic heterocycles. The molecule has 0 fully saturated rings. The van der Waals surface area contributed by atoms with Gasteiger partial charge in [0.15, 0.2) is 11.5 Å². The second-order valence-corrected chi connectivity index (χ2v) is 3.86. The van der Waals surface area contributed by atoms with E-state index in [9.17, 15) is 4.79 Å². The maximum absolute atomic E-state index is 11.4. The van der Waals surface area contributed by atoms with Gasteiger partial charge in [0.05, 0.1) is 0 Å². The number of carbonyl (C=O) groups is 1. The van der Waals surface area contributed by atoms with Crippen LogP contribution in [0.15, 0.2) is 23.3 Å². The summed E-state index contributed by atoms with van der Waals surface area (Å²) in [6.45, 7) is 0.765. The first-order valence-corrected chi connectivity index (χ1v) is 5.65. The van der Waals surface area contributed by atoms with Crippen molar-refractivity contribution in [2.24, 2.45) is 10.8 Å². The van der Waals surface area contributed by atoms with Gasteiger partial charge in [-0.15, -0.1) is 0 Å². The molecule has 8 heteroatoms. The number of ether oxygens (including phenoxy) is 2. The maximum Gasteiger partial charge on any atom is 0.239 e. The molecular weight excluding hydrogens is 250 g/mol. The van der Waals surface area contributed by atoms with E-state index in [1.165, 1.54) is 0 Å². The molecule has 0 aliphatic carbocycles. The number of nitrogens with one attached hydrogen (secondary N) is 1. The van der Waals surface area contributed by atoms with Crippen LogP contribution in [0.2, 0.25) is 0 Å². The van der Waals surface area contributed by atoms with Crippen LogP contribution in [0.25, 0.3) is 10.4 Å². The number of azide groups is 1. The molecule has 3 N–H and O–H groups in total. The smallest absolute Gasteiger partial charge is 0.239 e. The summed E-state index contributed by atoms with van der Waals surface area (Å²) in [5.74, 6) is 0.710. The topological polar surface area (TPSA) is 122 Å². The molecule has 1 heterocycles. The Bertz CT molecular complexity index is 527. The Balaban J connectivity index is 2.10. The van der Waals surface area contributed by atoms with Crippen LogP contribution in [0.4, 0.5) is 0 Å². The van der Waals surface area contributed by atoms with Crippen molar-refractivity contribution in [1.82, 2.24) is 5.32 Å². The molecule has 1 unspecified atom stereocenters. The largest absolute Gasteiger partial charge is 0.454 e. The fourth-order valence-corrected chi connectivity index (χ4v) is 1.78. The van der Waals surface area contributed by atoms with Gasteiger partial charge in [0, 0.05) is 18.0 Å². The lowest BCUT2D eigenvalue weighted by molar-refractivity contribution is -0.120. The molecule has 19 heavy (non-hydrogen) atoms. The number of nitrogens with zero attached hydrogens (tertiary/aromatic N) is 3. The molecule has 0 radical (unpaired) electrons. The number of rotatable bonds is 6. The third-order valence-electron chi connectivity index (χ3n) is 2.64. The number of carbonyl (C=O) groups excluding carboxylic acids is 1. The Hall–Kier alpha value is -2.44. The number of benzene rings is 1. The highest BCUT2D eigenvalue weighted by Gasteiger charge is 2.21. The van der Waals surface area contributed by atoms with E-state index < -0.39 is 11.9 Å². The molecule has 0 saturated carbocycles. The third-order valence-corrected chi connectivity index (χ3v) is 2.64. The van der Waals surface area contributed by atoms with Gasteiger partial charge in [-0.2, -0.15) is 0 Å². The van der Waals surface area contributed by atoms with E-state index in [1.54, 1.807) is 18.2 Å². The van der Waals surface area contributed by atoms with Gasteiger partial charge in [0.25, 0.3) is 0 Å². The lowest BCUT2D eigenvalue weighted by atomic mass is 10.1. The van der Waals surface area contributed by atoms with Crippen molar-refractivity contribution in [2.45, 2.75) is 6.04 Å².